The molecule has 0 saturated heterocycles. The van der Waals surface area contributed by atoms with E-state index in [4.69, 9.17) is 0 Å². The molecule has 1 aromatic carbocycles. The molecule has 0 aliphatic heterocycles. The molecule has 170 valence electrons. The second kappa shape index (κ2) is 6.04. The smallest absolute Gasteiger partial charge is 0.126 e. The summed E-state index contributed by atoms with van der Waals surface area (Å²) in [7, 11) is 0. The molecule has 0 radical (unpaired) electrons. The molecule has 1 atom stereocenters. The average Bonchev–Trinajstić information content (AvgIpc) is 2.72. The number of aliphatic hydroxyl groups is 1. The highest BCUT2D eigenvalue weighted by molar-refractivity contribution is 5.66. The first kappa shape index (κ1) is 19.1. The standard InChI is InChI=1S/C30H38O2/c31-27-25(28-12-18-6-19(13-28)8-20(7-18)14-28)4-3-24-2-1-5-30(32,26(24)27)29-15-21-9-22(16-29)11-23(10-21)17-29/h1-4,18-23,31-32H,5-17H2. The Labute approximate surface area is 192 Å². The van der Waals surface area contributed by atoms with Crippen LogP contribution < -0.4 is 0 Å². The van der Waals surface area contributed by atoms with Crippen molar-refractivity contribution in [2.45, 2.75) is 94.5 Å². The molecule has 32 heavy (non-hydrogen) atoms. The summed E-state index contributed by atoms with van der Waals surface area (Å²) in [6.07, 6.45) is 20.8. The lowest BCUT2D eigenvalue weighted by Gasteiger charge is -2.63. The predicted molar refractivity (Wildman–Crippen MR) is 126 cm³/mol. The van der Waals surface area contributed by atoms with Crippen LogP contribution in [0.2, 0.25) is 0 Å². The molecule has 1 aromatic rings. The fourth-order valence-electron chi connectivity index (χ4n) is 11.6. The van der Waals surface area contributed by atoms with Crippen molar-refractivity contribution in [2.75, 3.05) is 0 Å². The van der Waals surface area contributed by atoms with Crippen molar-refractivity contribution < 1.29 is 10.2 Å². The first-order chi connectivity index (χ1) is 15.5. The summed E-state index contributed by atoms with van der Waals surface area (Å²) in [5.41, 5.74) is 2.45. The zero-order valence-corrected chi connectivity index (χ0v) is 19.4. The summed E-state index contributed by atoms with van der Waals surface area (Å²) in [4.78, 5) is 0. The fourth-order valence-corrected chi connectivity index (χ4v) is 11.6. The summed E-state index contributed by atoms with van der Waals surface area (Å²) in [5.74, 6) is 5.47. The Bertz CT molecular complexity index is 947. The highest BCUT2D eigenvalue weighted by atomic mass is 16.3. The monoisotopic (exact) mass is 430 g/mol. The van der Waals surface area contributed by atoms with Gasteiger partial charge >= 0.3 is 0 Å². The quantitative estimate of drug-likeness (QED) is 0.549. The number of benzene rings is 1. The van der Waals surface area contributed by atoms with Crippen LogP contribution in [0.5, 0.6) is 5.75 Å². The molecule has 2 heteroatoms. The predicted octanol–water partition coefficient (Wildman–Crippen LogP) is 6.68. The molecule has 0 aromatic heterocycles. The number of phenols is 1. The summed E-state index contributed by atoms with van der Waals surface area (Å²) in [5, 5.41) is 24.7. The van der Waals surface area contributed by atoms with Crippen LogP contribution in [-0.2, 0) is 11.0 Å². The number of hydrogen-bond donors (Lipinski definition) is 2. The highest BCUT2D eigenvalue weighted by Crippen LogP contribution is 2.69. The van der Waals surface area contributed by atoms with Crippen LogP contribution in [0.1, 0.15) is 100 Å². The van der Waals surface area contributed by atoms with E-state index in [1.807, 2.05) is 0 Å². The third-order valence-electron chi connectivity index (χ3n) is 11.9. The minimum absolute atomic E-state index is 0.0289. The lowest BCUT2D eigenvalue weighted by molar-refractivity contribution is -0.184. The van der Waals surface area contributed by atoms with E-state index in [2.05, 4.69) is 24.3 Å². The van der Waals surface area contributed by atoms with E-state index in [9.17, 15) is 10.2 Å². The Balaban J connectivity index is 1.28. The first-order valence-electron chi connectivity index (χ1n) is 13.7. The lowest BCUT2D eigenvalue weighted by Crippen LogP contribution is -2.57. The summed E-state index contributed by atoms with van der Waals surface area (Å²) in [6, 6.07) is 4.52. The normalized spacial score (nSPS) is 51.9. The van der Waals surface area contributed by atoms with Gasteiger partial charge in [0.15, 0.2) is 0 Å². The van der Waals surface area contributed by atoms with E-state index >= 15 is 0 Å². The van der Waals surface area contributed by atoms with Gasteiger partial charge in [-0.3, -0.25) is 0 Å². The van der Waals surface area contributed by atoms with Crippen molar-refractivity contribution in [2.24, 2.45) is 40.9 Å². The SMILES string of the molecule is Oc1c(C23CC4CC(CC(C4)C2)C3)ccc2c1C(O)(C13CC4CC(CC(C4)C1)C3)CC=C2. The Morgan fingerprint density at radius 2 is 1.19 bits per heavy atom. The average molecular weight is 431 g/mol. The molecule has 2 N–H and O–H groups in total. The van der Waals surface area contributed by atoms with E-state index in [0.29, 0.717) is 12.2 Å². The number of hydrogen-bond acceptors (Lipinski definition) is 2. The number of rotatable bonds is 2. The van der Waals surface area contributed by atoms with E-state index < -0.39 is 5.60 Å². The summed E-state index contributed by atoms with van der Waals surface area (Å²) < 4.78 is 0. The van der Waals surface area contributed by atoms with Crippen LogP contribution in [0, 0.1) is 40.9 Å². The molecule has 0 heterocycles. The highest BCUT2D eigenvalue weighted by Gasteiger charge is 2.62. The largest absolute Gasteiger partial charge is 0.507 e. The Morgan fingerprint density at radius 1 is 0.688 bits per heavy atom. The maximum atomic E-state index is 12.7. The third-order valence-corrected chi connectivity index (χ3v) is 11.9. The van der Waals surface area contributed by atoms with Crippen LogP contribution in [-0.4, -0.2) is 10.2 Å². The molecule has 0 amide bonds. The molecular weight excluding hydrogens is 392 g/mol. The van der Waals surface area contributed by atoms with E-state index in [0.717, 1.165) is 46.6 Å². The van der Waals surface area contributed by atoms with Crippen LogP contribution >= 0.6 is 0 Å². The first-order valence-corrected chi connectivity index (χ1v) is 13.7. The van der Waals surface area contributed by atoms with Gasteiger partial charge in [-0.2, -0.15) is 0 Å². The van der Waals surface area contributed by atoms with Gasteiger partial charge in [-0.05, 0) is 130 Å². The van der Waals surface area contributed by atoms with Gasteiger partial charge in [0, 0.05) is 16.5 Å². The molecule has 8 bridgehead atoms. The minimum Gasteiger partial charge on any atom is -0.507 e. The van der Waals surface area contributed by atoms with Crippen molar-refractivity contribution in [1.29, 1.82) is 0 Å². The topological polar surface area (TPSA) is 40.5 Å². The van der Waals surface area contributed by atoms with Crippen molar-refractivity contribution in [3.8, 4) is 5.75 Å². The maximum Gasteiger partial charge on any atom is 0.126 e. The molecule has 9 aliphatic carbocycles. The van der Waals surface area contributed by atoms with Gasteiger partial charge in [0.1, 0.15) is 11.4 Å². The summed E-state index contributed by atoms with van der Waals surface area (Å²) >= 11 is 0. The fraction of sp³-hybridized carbons (Fsp3) is 0.733. The van der Waals surface area contributed by atoms with E-state index in [1.165, 1.54) is 82.6 Å². The Morgan fingerprint density at radius 3 is 1.72 bits per heavy atom. The second-order valence-electron chi connectivity index (χ2n) is 13.8. The lowest BCUT2D eigenvalue weighted by atomic mass is 9.43. The Hall–Kier alpha value is -1.28. The molecule has 0 spiro atoms. The zero-order chi connectivity index (χ0) is 21.3. The number of fused-ring (bicyclic) bond motifs is 1. The third kappa shape index (κ3) is 2.31. The number of aromatic hydroxyl groups is 1. The molecule has 8 fully saturated rings. The van der Waals surface area contributed by atoms with Crippen molar-refractivity contribution in [1.82, 2.24) is 0 Å². The van der Waals surface area contributed by atoms with Gasteiger partial charge in [0.2, 0.25) is 0 Å². The molecular formula is C30H38O2. The van der Waals surface area contributed by atoms with Crippen molar-refractivity contribution in [3.05, 3.63) is 34.9 Å². The minimum atomic E-state index is -0.893. The Kier molecular flexibility index (Phi) is 3.60. The molecule has 9 aliphatic rings. The van der Waals surface area contributed by atoms with Gasteiger partial charge in [-0.1, -0.05) is 24.3 Å². The van der Waals surface area contributed by atoms with Crippen LogP contribution in [0.25, 0.3) is 6.08 Å². The van der Waals surface area contributed by atoms with Gasteiger partial charge < -0.3 is 10.2 Å². The number of phenolic OH excluding ortho intramolecular Hbond substituents is 1. The van der Waals surface area contributed by atoms with E-state index in [1.54, 1.807) is 0 Å². The molecule has 1 unspecified atom stereocenters. The molecule has 8 saturated carbocycles. The van der Waals surface area contributed by atoms with Crippen LogP contribution in [0.15, 0.2) is 18.2 Å². The summed E-state index contributed by atoms with van der Waals surface area (Å²) in [6.45, 7) is 0. The second-order valence-corrected chi connectivity index (χ2v) is 13.8. The van der Waals surface area contributed by atoms with E-state index in [-0.39, 0.29) is 10.8 Å². The van der Waals surface area contributed by atoms with Gasteiger partial charge in [-0.15, -0.1) is 0 Å². The van der Waals surface area contributed by atoms with Crippen LogP contribution in [0.3, 0.4) is 0 Å². The zero-order valence-electron chi connectivity index (χ0n) is 19.4. The van der Waals surface area contributed by atoms with Crippen molar-refractivity contribution >= 4 is 6.08 Å². The van der Waals surface area contributed by atoms with Gasteiger partial charge in [-0.25, -0.2) is 0 Å². The van der Waals surface area contributed by atoms with Crippen molar-refractivity contribution in [3.63, 3.8) is 0 Å². The maximum absolute atomic E-state index is 12.7. The van der Waals surface area contributed by atoms with Gasteiger partial charge in [0.05, 0.1) is 0 Å². The molecule has 2 nitrogen and oxygen atoms in total. The van der Waals surface area contributed by atoms with Crippen LogP contribution in [0.4, 0.5) is 0 Å². The van der Waals surface area contributed by atoms with Gasteiger partial charge in [0.25, 0.3) is 0 Å². The molecule has 10 rings (SSSR count).